The molecule has 0 amide bonds. The molecule has 182 valence electrons. The second-order valence-electron chi connectivity index (χ2n) is 8.38. The molecule has 5 rings (SSSR count). The van der Waals surface area contributed by atoms with Gasteiger partial charge in [0, 0.05) is 22.2 Å². The number of nitrogens with zero attached hydrogens (tertiary/aromatic N) is 2. The minimum atomic E-state index is -4.75. The van der Waals surface area contributed by atoms with E-state index < -0.39 is 20.2 Å². The van der Waals surface area contributed by atoms with Crippen LogP contribution in [0.1, 0.15) is 11.4 Å². The second kappa shape index (κ2) is 11.4. The summed E-state index contributed by atoms with van der Waals surface area (Å²) in [4.78, 5) is 8.63. The van der Waals surface area contributed by atoms with Crippen LogP contribution < -0.4 is 59.1 Å². The van der Waals surface area contributed by atoms with Gasteiger partial charge in [0.1, 0.15) is 20.2 Å². The van der Waals surface area contributed by atoms with Crippen molar-refractivity contribution in [2.75, 3.05) is 0 Å². The minimum absolute atomic E-state index is 0. The van der Waals surface area contributed by atoms with Crippen LogP contribution in [-0.2, 0) is 20.2 Å². The van der Waals surface area contributed by atoms with Crippen molar-refractivity contribution < 1.29 is 85.1 Å². The molecule has 8 nitrogen and oxygen atoms in total. The number of hydrogen-bond donors (Lipinski definition) is 0. The first-order valence-electron chi connectivity index (χ1n) is 10.8. The first-order chi connectivity index (χ1) is 16.9. The van der Waals surface area contributed by atoms with Crippen LogP contribution in [0.3, 0.4) is 0 Å². The molecular weight excluding hydrogens is 546 g/mol. The third kappa shape index (κ3) is 5.75. The summed E-state index contributed by atoms with van der Waals surface area (Å²) in [7, 11) is -9.49. The summed E-state index contributed by atoms with van der Waals surface area (Å²) in [5, 5.41) is 1.14. The van der Waals surface area contributed by atoms with Gasteiger partial charge in [0.2, 0.25) is 0 Å². The molecule has 12 heteroatoms. The topological polar surface area (TPSA) is 140 Å². The molecule has 38 heavy (non-hydrogen) atoms. The number of benzene rings is 3. The zero-order valence-corrected chi connectivity index (χ0v) is 26.7. The number of fused-ring (bicyclic) bond motifs is 3. The molecule has 0 spiro atoms. The summed E-state index contributed by atoms with van der Waals surface area (Å²) in [6, 6.07) is 18.8. The molecule has 0 atom stereocenters. The van der Waals surface area contributed by atoms with Crippen molar-refractivity contribution >= 4 is 42.0 Å². The molecule has 0 bridgehead atoms. The third-order valence-corrected chi connectivity index (χ3v) is 7.70. The van der Waals surface area contributed by atoms with E-state index in [9.17, 15) is 25.9 Å². The summed E-state index contributed by atoms with van der Waals surface area (Å²) in [5.74, 6) is 0. The first-order valence-corrected chi connectivity index (χ1v) is 13.6. The Balaban J connectivity index is 0.00000200. The number of hydrogen-bond acceptors (Lipinski definition) is 8. The fourth-order valence-electron chi connectivity index (χ4n) is 4.49. The molecule has 0 aliphatic rings. The van der Waals surface area contributed by atoms with E-state index in [0.29, 0.717) is 44.3 Å². The van der Waals surface area contributed by atoms with Crippen LogP contribution in [-0.4, -0.2) is 35.9 Å². The standard InChI is InChI=1S/C26H20N2O6S2.2Na/c1-15-13-21(17-7-3-5-9-23(17)35(29,30)31)19-11-12-20-22(14-16(2)28-26(20)25(19)27-15)18-8-4-6-10-24(18)36(32,33)34;;/h3-14H,1-2H3,(H,29,30,31)(H,32,33,34);;/q;2*+1/p-2. The van der Waals surface area contributed by atoms with E-state index >= 15 is 0 Å². The summed E-state index contributed by atoms with van der Waals surface area (Å²) < 4.78 is 71.8. The van der Waals surface area contributed by atoms with Gasteiger partial charge in [0.05, 0.1) is 20.8 Å². The fraction of sp³-hybridized carbons (Fsp3) is 0.0769. The van der Waals surface area contributed by atoms with E-state index in [1.807, 2.05) is 0 Å². The van der Waals surface area contributed by atoms with Crippen molar-refractivity contribution in [1.29, 1.82) is 0 Å². The van der Waals surface area contributed by atoms with E-state index in [4.69, 9.17) is 0 Å². The van der Waals surface area contributed by atoms with E-state index in [0.717, 1.165) is 0 Å². The van der Waals surface area contributed by atoms with E-state index in [2.05, 4.69) is 9.97 Å². The normalized spacial score (nSPS) is 11.7. The Morgan fingerprint density at radius 1 is 0.553 bits per heavy atom. The molecular formula is C26H18N2Na2O6S2. The maximum Gasteiger partial charge on any atom is 1.00 e. The smallest absolute Gasteiger partial charge is 0.744 e. The molecule has 0 radical (unpaired) electrons. The zero-order valence-electron chi connectivity index (χ0n) is 21.1. The van der Waals surface area contributed by atoms with Gasteiger partial charge in [0.25, 0.3) is 0 Å². The van der Waals surface area contributed by atoms with Crippen molar-refractivity contribution in [2.45, 2.75) is 23.6 Å². The molecule has 2 aromatic heterocycles. The van der Waals surface area contributed by atoms with Crippen LogP contribution in [0, 0.1) is 13.8 Å². The van der Waals surface area contributed by atoms with Gasteiger partial charge in [-0.2, -0.15) is 0 Å². The monoisotopic (exact) mass is 564 g/mol. The Bertz CT molecular complexity index is 1790. The van der Waals surface area contributed by atoms with Crippen LogP contribution in [0.5, 0.6) is 0 Å². The molecule has 0 saturated heterocycles. The maximum absolute atomic E-state index is 12.0. The average molecular weight is 565 g/mol. The quantitative estimate of drug-likeness (QED) is 0.147. The maximum atomic E-state index is 12.0. The SMILES string of the molecule is Cc1cc(-c2ccccc2S(=O)(=O)[O-])c2ccc3c(-c4ccccc4S(=O)(=O)[O-])cc(C)nc3c2n1.[Na+].[Na+]. The van der Waals surface area contributed by atoms with Gasteiger partial charge < -0.3 is 9.11 Å². The van der Waals surface area contributed by atoms with Gasteiger partial charge in [-0.25, -0.2) is 16.8 Å². The number of aryl methyl sites for hydroxylation is 2. The van der Waals surface area contributed by atoms with Gasteiger partial charge >= 0.3 is 59.1 Å². The predicted octanol–water partition coefficient (Wildman–Crippen LogP) is -1.45. The van der Waals surface area contributed by atoms with E-state index in [1.165, 1.54) is 24.3 Å². The summed E-state index contributed by atoms with van der Waals surface area (Å²) in [6.07, 6.45) is 0. The van der Waals surface area contributed by atoms with Gasteiger partial charge in [-0.3, -0.25) is 9.97 Å². The molecule has 0 saturated carbocycles. The van der Waals surface area contributed by atoms with Crippen LogP contribution in [0.15, 0.2) is 82.6 Å². The Morgan fingerprint density at radius 3 is 1.24 bits per heavy atom. The van der Waals surface area contributed by atoms with Crippen molar-refractivity contribution in [3.05, 3.63) is 84.2 Å². The van der Waals surface area contributed by atoms with E-state index in [-0.39, 0.29) is 80.0 Å². The molecule has 5 aromatic rings. The zero-order chi connectivity index (χ0) is 25.8. The largest absolute Gasteiger partial charge is 1.00 e. The minimum Gasteiger partial charge on any atom is -0.744 e. The van der Waals surface area contributed by atoms with Crippen LogP contribution >= 0.6 is 0 Å². The van der Waals surface area contributed by atoms with Crippen LogP contribution in [0.4, 0.5) is 0 Å². The molecule has 0 aliphatic heterocycles. The van der Waals surface area contributed by atoms with Gasteiger partial charge in [0.15, 0.2) is 0 Å². The first kappa shape index (κ1) is 30.8. The predicted molar refractivity (Wildman–Crippen MR) is 133 cm³/mol. The summed E-state index contributed by atoms with van der Waals surface area (Å²) in [6.45, 7) is 3.48. The van der Waals surface area contributed by atoms with Gasteiger partial charge in [-0.1, -0.05) is 48.5 Å². The fourth-order valence-corrected chi connectivity index (χ4v) is 5.88. The van der Waals surface area contributed by atoms with Crippen molar-refractivity contribution in [3.8, 4) is 22.3 Å². The van der Waals surface area contributed by atoms with Gasteiger partial charge in [-0.15, -0.1) is 0 Å². The van der Waals surface area contributed by atoms with Crippen molar-refractivity contribution in [2.24, 2.45) is 0 Å². The Hall–Kier alpha value is -1.70. The molecule has 3 aromatic carbocycles. The number of aromatic nitrogens is 2. The molecule has 0 unspecified atom stereocenters. The molecule has 2 heterocycles. The van der Waals surface area contributed by atoms with Crippen molar-refractivity contribution in [3.63, 3.8) is 0 Å². The number of rotatable bonds is 4. The van der Waals surface area contributed by atoms with Crippen LogP contribution in [0.25, 0.3) is 44.1 Å². The van der Waals surface area contributed by atoms with Gasteiger partial charge in [-0.05, 0) is 60.4 Å². The Morgan fingerprint density at radius 2 is 0.895 bits per heavy atom. The summed E-state index contributed by atoms with van der Waals surface area (Å²) >= 11 is 0. The molecule has 0 fully saturated rings. The molecule has 0 N–H and O–H groups in total. The Kier molecular flexibility index (Phi) is 9.27. The number of pyridine rings is 2. The van der Waals surface area contributed by atoms with E-state index in [1.54, 1.807) is 62.4 Å². The second-order valence-corrected chi connectivity index (χ2v) is 11.1. The third-order valence-electron chi connectivity index (χ3n) is 5.91. The molecule has 0 aliphatic carbocycles. The summed E-state index contributed by atoms with van der Waals surface area (Å²) in [5.41, 5.74) is 3.53. The Labute approximate surface area is 264 Å². The van der Waals surface area contributed by atoms with Crippen molar-refractivity contribution in [1.82, 2.24) is 9.97 Å². The average Bonchev–Trinajstić information content (AvgIpc) is 2.82. The van der Waals surface area contributed by atoms with Crippen LogP contribution in [0.2, 0.25) is 0 Å².